The molecule has 0 saturated carbocycles. The van der Waals surface area contributed by atoms with Crippen molar-refractivity contribution >= 4 is 5.97 Å². The number of benzene rings is 1. The average molecular weight is 217 g/mol. The third kappa shape index (κ3) is 1.77. The van der Waals surface area contributed by atoms with Crippen molar-refractivity contribution in [1.29, 1.82) is 0 Å². The summed E-state index contributed by atoms with van der Waals surface area (Å²) in [5, 5.41) is 8.92. The maximum absolute atomic E-state index is 10.9. The summed E-state index contributed by atoms with van der Waals surface area (Å²) in [5.74, 6) is -0.308. The molecule has 1 N–H and O–H groups in total. The molecule has 0 aliphatic rings. The number of aromatic nitrogens is 1. The molecule has 2 aromatic rings. The molecule has 0 spiro atoms. The van der Waals surface area contributed by atoms with Crippen LogP contribution >= 0.6 is 0 Å². The van der Waals surface area contributed by atoms with Crippen LogP contribution in [-0.2, 0) is 0 Å². The maximum atomic E-state index is 10.9. The highest BCUT2D eigenvalue weighted by molar-refractivity contribution is 5.88. The number of hydrogen-bond acceptors (Lipinski definition) is 2. The molecule has 0 atom stereocenters. The van der Waals surface area contributed by atoms with Crippen molar-refractivity contribution < 1.29 is 14.6 Å². The minimum atomic E-state index is -0.948. The third-order valence-electron chi connectivity index (χ3n) is 2.31. The van der Waals surface area contributed by atoms with Gasteiger partial charge in [-0.05, 0) is 30.3 Å². The van der Waals surface area contributed by atoms with Gasteiger partial charge in [0.25, 0.3) is 0 Å². The van der Waals surface area contributed by atoms with E-state index in [1.807, 2.05) is 29.1 Å². The van der Waals surface area contributed by atoms with Crippen molar-refractivity contribution in [2.24, 2.45) is 0 Å². The highest BCUT2D eigenvalue weighted by atomic mass is 16.5. The Balaban J connectivity index is 2.56. The highest BCUT2D eigenvalue weighted by Gasteiger charge is 2.09. The summed E-state index contributed by atoms with van der Waals surface area (Å²) in [4.78, 5) is 10.9. The zero-order valence-electron chi connectivity index (χ0n) is 8.75. The lowest BCUT2D eigenvalue weighted by atomic mass is 10.2. The fourth-order valence-electron chi connectivity index (χ4n) is 1.52. The van der Waals surface area contributed by atoms with Gasteiger partial charge in [0.15, 0.2) is 0 Å². The smallest absolute Gasteiger partial charge is 0.335 e. The minimum absolute atomic E-state index is 0.240. The van der Waals surface area contributed by atoms with Crippen LogP contribution in [0.4, 0.5) is 0 Å². The van der Waals surface area contributed by atoms with Gasteiger partial charge in [0.2, 0.25) is 0 Å². The van der Waals surface area contributed by atoms with Gasteiger partial charge in [0.05, 0.1) is 18.4 Å². The standard InChI is InChI=1S/C12H11NO3/c1-16-11-5-4-9(12(14)15)8-10(11)13-6-2-3-7-13/h2-8H,1H3,(H,14,15). The molecule has 82 valence electrons. The molecule has 0 fully saturated rings. The van der Waals surface area contributed by atoms with Crippen molar-refractivity contribution in [1.82, 2.24) is 4.57 Å². The second-order valence-electron chi connectivity index (χ2n) is 3.28. The lowest BCUT2D eigenvalue weighted by molar-refractivity contribution is 0.0697. The van der Waals surface area contributed by atoms with Gasteiger partial charge in [-0.3, -0.25) is 0 Å². The van der Waals surface area contributed by atoms with Crippen LogP contribution in [0.1, 0.15) is 10.4 Å². The molecule has 0 aliphatic carbocycles. The number of rotatable bonds is 3. The van der Waals surface area contributed by atoms with E-state index in [0.717, 1.165) is 0 Å². The Morgan fingerprint density at radius 3 is 2.56 bits per heavy atom. The lowest BCUT2D eigenvalue weighted by Gasteiger charge is -2.10. The van der Waals surface area contributed by atoms with Crippen LogP contribution in [0.25, 0.3) is 5.69 Å². The molecule has 1 heterocycles. The quantitative estimate of drug-likeness (QED) is 0.857. The third-order valence-corrected chi connectivity index (χ3v) is 2.31. The second kappa shape index (κ2) is 4.10. The van der Waals surface area contributed by atoms with Crippen molar-refractivity contribution in [3.05, 3.63) is 48.3 Å². The number of carboxylic acids is 1. The van der Waals surface area contributed by atoms with Crippen LogP contribution < -0.4 is 4.74 Å². The molecule has 1 aromatic carbocycles. The first-order valence-corrected chi connectivity index (χ1v) is 4.77. The van der Waals surface area contributed by atoms with E-state index in [0.29, 0.717) is 11.4 Å². The highest BCUT2D eigenvalue weighted by Crippen LogP contribution is 2.24. The molecule has 0 aliphatic heterocycles. The molecule has 0 unspecified atom stereocenters. The zero-order chi connectivity index (χ0) is 11.5. The summed E-state index contributed by atoms with van der Waals surface area (Å²) in [6.07, 6.45) is 3.67. The van der Waals surface area contributed by atoms with Crippen molar-refractivity contribution in [2.75, 3.05) is 7.11 Å². The fraction of sp³-hybridized carbons (Fsp3) is 0.0833. The van der Waals surface area contributed by atoms with Crippen molar-refractivity contribution in [3.8, 4) is 11.4 Å². The first-order chi connectivity index (χ1) is 7.72. The summed E-state index contributed by atoms with van der Waals surface area (Å²) in [5.41, 5.74) is 0.955. The van der Waals surface area contributed by atoms with E-state index >= 15 is 0 Å². The van der Waals surface area contributed by atoms with Gasteiger partial charge < -0.3 is 14.4 Å². The van der Waals surface area contributed by atoms with E-state index in [2.05, 4.69) is 0 Å². The first kappa shape index (κ1) is 10.3. The lowest BCUT2D eigenvalue weighted by Crippen LogP contribution is -2.01. The zero-order valence-corrected chi connectivity index (χ0v) is 8.75. The van der Waals surface area contributed by atoms with Gasteiger partial charge in [-0.15, -0.1) is 0 Å². The Labute approximate surface area is 92.7 Å². The van der Waals surface area contributed by atoms with E-state index in [4.69, 9.17) is 9.84 Å². The molecule has 0 saturated heterocycles. The van der Waals surface area contributed by atoms with Gasteiger partial charge in [0, 0.05) is 12.4 Å². The number of methoxy groups -OCH3 is 1. The Morgan fingerprint density at radius 1 is 1.31 bits per heavy atom. The molecule has 0 radical (unpaired) electrons. The maximum Gasteiger partial charge on any atom is 0.335 e. The van der Waals surface area contributed by atoms with E-state index in [-0.39, 0.29) is 5.56 Å². The van der Waals surface area contributed by atoms with Gasteiger partial charge >= 0.3 is 5.97 Å². The second-order valence-corrected chi connectivity index (χ2v) is 3.28. The minimum Gasteiger partial charge on any atom is -0.495 e. The molecule has 0 bridgehead atoms. The largest absolute Gasteiger partial charge is 0.495 e. The van der Waals surface area contributed by atoms with Crippen molar-refractivity contribution in [3.63, 3.8) is 0 Å². The molecular formula is C12H11NO3. The molecular weight excluding hydrogens is 206 g/mol. The topological polar surface area (TPSA) is 51.5 Å². The number of carboxylic acid groups (broad SMARTS) is 1. The molecule has 4 heteroatoms. The normalized spacial score (nSPS) is 10.1. The average Bonchev–Trinajstić information content (AvgIpc) is 2.81. The molecule has 1 aromatic heterocycles. The Kier molecular flexibility index (Phi) is 2.64. The Hall–Kier alpha value is -2.23. The van der Waals surface area contributed by atoms with Crippen LogP contribution in [-0.4, -0.2) is 22.8 Å². The summed E-state index contributed by atoms with van der Waals surface area (Å²) < 4.78 is 7.00. The van der Waals surface area contributed by atoms with E-state index in [9.17, 15) is 4.79 Å². The molecule has 16 heavy (non-hydrogen) atoms. The van der Waals surface area contributed by atoms with Crippen molar-refractivity contribution in [2.45, 2.75) is 0 Å². The number of hydrogen-bond donors (Lipinski definition) is 1. The predicted molar refractivity (Wildman–Crippen MR) is 59.3 cm³/mol. The van der Waals surface area contributed by atoms with Crippen LogP contribution in [0.5, 0.6) is 5.75 Å². The van der Waals surface area contributed by atoms with Gasteiger partial charge in [-0.1, -0.05) is 0 Å². The van der Waals surface area contributed by atoms with Gasteiger partial charge in [-0.2, -0.15) is 0 Å². The molecule has 4 nitrogen and oxygen atoms in total. The van der Waals surface area contributed by atoms with Gasteiger partial charge in [0.1, 0.15) is 5.75 Å². The molecule has 0 amide bonds. The monoisotopic (exact) mass is 217 g/mol. The number of carbonyl (C=O) groups is 1. The summed E-state index contributed by atoms with van der Waals surface area (Å²) in [6.45, 7) is 0. The Morgan fingerprint density at radius 2 is 2.00 bits per heavy atom. The van der Waals surface area contributed by atoms with Gasteiger partial charge in [-0.25, -0.2) is 4.79 Å². The van der Waals surface area contributed by atoms with E-state index in [1.54, 1.807) is 19.2 Å². The van der Waals surface area contributed by atoms with Crippen LogP contribution in [0.3, 0.4) is 0 Å². The SMILES string of the molecule is COc1ccc(C(=O)O)cc1-n1cccc1. The summed E-state index contributed by atoms with van der Waals surface area (Å²) in [6, 6.07) is 8.49. The van der Waals surface area contributed by atoms with Crippen LogP contribution in [0.15, 0.2) is 42.7 Å². The summed E-state index contributed by atoms with van der Waals surface area (Å²) in [7, 11) is 1.56. The van der Waals surface area contributed by atoms with E-state index < -0.39 is 5.97 Å². The van der Waals surface area contributed by atoms with Crippen LogP contribution in [0.2, 0.25) is 0 Å². The fourth-order valence-corrected chi connectivity index (χ4v) is 1.52. The van der Waals surface area contributed by atoms with E-state index in [1.165, 1.54) is 6.07 Å². The number of aromatic carboxylic acids is 1. The number of ether oxygens (including phenoxy) is 1. The molecule has 2 rings (SSSR count). The van der Waals surface area contributed by atoms with Crippen LogP contribution in [0, 0.1) is 0 Å². The Bertz CT molecular complexity index is 503. The first-order valence-electron chi connectivity index (χ1n) is 4.77. The predicted octanol–water partition coefficient (Wildman–Crippen LogP) is 2.18. The summed E-state index contributed by atoms with van der Waals surface area (Å²) >= 11 is 0. The number of nitrogens with zero attached hydrogens (tertiary/aromatic N) is 1.